The Kier molecular flexibility index (Phi) is 6.29. The van der Waals surface area contributed by atoms with Gasteiger partial charge in [-0.1, -0.05) is 98.3 Å². The Morgan fingerprint density at radius 3 is 2.27 bits per heavy atom. The van der Waals surface area contributed by atoms with Crippen LogP contribution in [0.1, 0.15) is 60.5 Å². The van der Waals surface area contributed by atoms with Crippen molar-refractivity contribution < 1.29 is 0 Å². The monoisotopic (exact) mass is 622 g/mol. The van der Waals surface area contributed by atoms with Gasteiger partial charge in [-0.15, -0.1) is 0 Å². The van der Waals surface area contributed by atoms with Crippen molar-refractivity contribution in [3.05, 3.63) is 179 Å². The van der Waals surface area contributed by atoms with Crippen LogP contribution in [0, 0.1) is 13.8 Å². The van der Waals surface area contributed by atoms with E-state index in [2.05, 4.69) is 147 Å². The Bertz CT molecular complexity index is 2450. The Morgan fingerprint density at radius 2 is 1.46 bits per heavy atom. The van der Waals surface area contributed by atoms with Crippen LogP contribution in [0.15, 0.2) is 145 Å². The second-order valence-corrected chi connectivity index (χ2v) is 13.9. The lowest BCUT2D eigenvalue weighted by Gasteiger charge is -2.49. The number of pyridine rings is 1. The fourth-order valence-electron chi connectivity index (χ4n) is 8.78. The molecule has 0 unspecified atom stereocenters. The van der Waals surface area contributed by atoms with Crippen LogP contribution in [0.2, 0.25) is 0 Å². The molecule has 0 bridgehead atoms. The van der Waals surface area contributed by atoms with Crippen molar-refractivity contribution in [1.29, 1.82) is 0 Å². The van der Waals surface area contributed by atoms with E-state index in [0.29, 0.717) is 0 Å². The zero-order valence-corrected chi connectivity index (χ0v) is 27.9. The van der Waals surface area contributed by atoms with Crippen LogP contribution in [0.5, 0.6) is 0 Å². The van der Waals surface area contributed by atoms with Crippen LogP contribution >= 0.6 is 0 Å². The van der Waals surface area contributed by atoms with Gasteiger partial charge in [-0.2, -0.15) is 5.10 Å². The van der Waals surface area contributed by atoms with Gasteiger partial charge in [0.25, 0.3) is 0 Å². The summed E-state index contributed by atoms with van der Waals surface area (Å²) >= 11 is 0. The largest absolute Gasteiger partial charge is 0.309 e. The molecule has 0 saturated heterocycles. The topological polar surface area (TPSA) is 35.6 Å². The molecule has 9 rings (SSSR count). The molecule has 2 aliphatic carbocycles. The van der Waals surface area contributed by atoms with Gasteiger partial charge in [-0.05, 0) is 97.5 Å². The van der Waals surface area contributed by atoms with Gasteiger partial charge in [0.05, 0.1) is 33.5 Å². The Hall–Kier alpha value is -5.48. The summed E-state index contributed by atoms with van der Waals surface area (Å²) in [6.07, 6.45) is 8.82. The normalized spacial score (nSPS) is 18.3. The van der Waals surface area contributed by atoms with Gasteiger partial charge in [-0.25, -0.2) is 4.68 Å². The highest BCUT2D eigenvalue weighted by atomic mass is 15.3. The van der Waals surface area contributed by atoms with Crippen LogP contribution in [0.25, 0.3) is 33.2 Å². The summed E-state index contributed by atoms with van der Waals surface area (Å²) < 4.78 is 4.47. The Morgan fingerprint density at radius 1 is 0.688 bits per heavy atom. The number of para-hydroxylation sites is 1. The highest BCUT2D eigenvalue weighted by Crippen LogP contribution is 2.57. The third-order valence-electron chi connectivity index (χ3n) is 10.8. The summed E-state index contributed by atoms with van der Waals surface area (Å²) in [5.41, 5.74) is 13.9. The molecule has 4 heteroatoms. The number of benzene rings is 4. The van der Waals surface area contributed by atoms with E-state index < -0.39 is 5.41 Å². The number of nitrogens with zero attached hydrogens (tertiary/aromatic N) is 4. The van der Waals surface area contributed by atoms with Gasteiger partial charge in [-0.3, -0.25) is 4.98 Å². The first-order valence-corrected chi connectivity index (χ1v) is 17.0. The van der Waals surface area contributed by atoms with Crippen molar-refractivity contribution in [3.63, 3.8) is 0 Å². The molecule has 3 aromatic heterocycles. The molecule has 48 heavy (non-hydrogen) atoms. The lowest BCUT2D eigenvalue weighted by molar-refractivity contribution is 0.516. The van der Waals surface area contributed by atoms with Crippen LogP contribution in [-0.4, -0.2) is 19.3 Å². The van der Waals surface area contributed by atoms with E-state index in [-0.39, 0.29) is 5.41 Å². The number of aromatic nitrogens is 4. The van der Waals surface area contributed by atoms with E-state index in [1.807, 2.05) is 23.9 Å². The number of fused-ring (bicyclic) bond motifs is 4. The molecule has 0 amide bonds. The van der Waals surface area contributed by atoms with E-state index >= 15 is 0 Å². The van der Waals surface area contributed by atoms with Crippen LogP contribution in [0.3, 0.4) is 0 Å². The molecular formula is C44H38N4. The summed E-state index contributed by atoms with van der Waals surface area (Å²) in [5.74, 6) is 0. The molecule has 4 nitrogen and oxygen atoms in total. The van der Waals surface area contributed by atoms with Crippen molar-refractivity contribution in [2.75, 3.05) is 0 Å². The van der Waals surface area contributed by atoms with E-state index in [4.69, 9.17) is 10.1 Å². The van der Waals surface area contributed by atoms with E-state index in [1.54, 1.807) is 0 Å². The molecule has 4 aromatic carbocycles. The van der Waals surface area contributed by atoms with Crippen molar-refractivity contribution in [3.8, 4) is 11.4 Å². The van der Waals surface area contributed by atoms with Crippen molar-refractivity contribution in [2.45, 2.75) is 51.4 Å². The minimum Gasteiger partial charge on any atom is -0.309 e. The average Bonchev–Trinajstić information content (AvgIpc) is 3.64. The van der Waals surface area contributed by atoms with Crippen molar-refractivity contribution in [2.24, 2.45) is 0 Å². The average molecular weight is 623 g/mol. The molecule has 0 spiro atoms. The molecule has 0 fully saturated rings. The van der Waals surface area contributed by atoms with E-state index in [0.717, 1.165) is 41.3 Å². The zero-order valence-electron chi connectivity index (χ0n) is 27.9. The molecule has 7 aromatic rings. The summed E-state index contributed by atoms with van der Waals surface area (Å²) in [4.78, 5) is 5.16. The van der Waals surface area contributed by atoms with Gasteiger partial charge >= 0.3 is 0 Å². The SMILES string of the molecule is Cc1cc(C)n(-c2cccc(-n3c4ccccc4c4ccc([C@@]5(c6ccccn6)C6=C(CCC=C6)C(C)(C)c6ccccc65)cc43)c2)n1. The molecule has 0 N–H and O–H groups in total. The van der Waals surface area contributed by atoms with E-state index in [9.17, 15) is 0 Å². The van der Waals surface area contributed by atoms with E-state index in [1.165, 1.54) is 49.6 Å². The minimum atomic E-state index is -0.569. The number of rotatable bonds is 4. The molecule has 2 aliphatic rings. The fourth-order valence-corrected chi connectivity index (χ4v) is 8.78. The number of hydrogen-bond acceptors (Lipinski definition) is 2. The first-order chi connectivity index (χ1) is 23.4. The third kappa shape index (κ3) is 3.95. The lowest BCUT2D eigenvalue weighted by Crippen LogP contribution is -2.43. The maximum atomic E-state index is 5.16. The molecule has 3 heterocycles. The smallest absolute Gasteiger partial charge is 0.0877 e. The van der Waals surface area contributed by atoms with Crippen molar-refractivity contribution in [1.82, 2.24) is 19.3 Å². The van der Waals surface area contributed by atoms with Crippen LogP contribution in [-0.2, 0) is 10.8 Å². The highest BCUT2D eigenvalue weighted by molar-refractivity contribution is 6.09. The summed E-state index contributed by atoms with van der Waals surface area (Å²) in [6, 6.07) is 42.3. The first-order valence-electron chi connectivity index (χ1n) is 17.0. The van der Waals surface area contributed by atoms with Gasteiger partial charge in [0, 0.05) is 33.8 Å². The summed E-state index contributed by atoms with van der Waals surface area (Å²) in [7, 11) is 0. The zero-order chi connectivity index (χ0) is 32.6. The van der Waals surface area contributed by atoms with Crippen molar-refractivity contribution >= 4 is 21.8 Å². The maximum absolute atomic E-state index is 5.16. The number of hydrogen-bond donors (Lipinski definition) is 0. The molecule has 234 valence electrons. The van der Waals surface area contributed by atoms with Gasteiger partial charge in [0.2, 0.25) is 0 Å². The summed E-state index contributed by atoms with van der Waals surface area (Å²) in [6.45, 7) is 8.97. The second kappa shape index (κ2) is 10.5. The standard InChI is InChI=1S/C44H38N4/c1-29-26-30(2)48(46-29)33-15-13-14-32(28-33)47-40-21-10-5-16-34(40)35-24-23-31(27-41(35)47)44(42-22-11-12-25-45-42)38-19-8-6-17-36(38)43(3,4)37-18-7-9-20-39(37)44/h5-6,8-17,19-28H,7,18H2,1-4H3/t44-/m0/s1. The fraction of sp³-hybridized carbons (Fsp3) is 0.182. The molecule has 1 atom stereocenters. The maximum Gasteiger partial charge on any atom is 0.0877 e. The lowest BCUT2D eigenvalue weighted by atomic mass is 9.54. The number of allylic oxidation sites excluding steroid dienone is 4. The third-order valence-corrected chi connectivity index (χ3v) is 10.8. The molecule has 0 saturated carbocycles. The Balaban J connectivity index is 1.39. The first kappa shape index (κ1) is 28.7. The number of aryl methyl sites for hydroxylation is 2. The summed E-state index contributed by atoms with van der Waals surface area (Å²) in [5, 5.41) is 7.28. The molecular weight excluding hydrogens is 585 g/mol. The van der Waals surface area contributed by atoms with Gasteiger partial charge in [0.15, 0.2) is 0 Å². The predicted octanol–water partition coefficient (Wildman–Crippen LogP) is 10.3. The van der Waals surface area contributed by atoms with Crippen LogP contribution in [0.4, 0.5) is 0 Å². The predicted molar refractivity (Wildman–Crippen MR) is 196 cm³/mol. The second-order valence-electron chi connectivity index (χ2n) is 13.9. The van der Waals surface area contributed by atoms with Crippen LogP contribution < -0.4 is 0 Å². The van der Waals surface area contributed by atoms with Gasteiger partial charge in [0.1, 0.15) is 0 Å². The highest BCUT2D eigenvalue weighted by Gasteiger charge is 2.50. The molecule has 0 radical (unpaired) electrons. The van der Waals surface area contributed by atoms with Gasteiger partial charge < -0.3 is 4.57 Å². The minimum absolute atomic E-state index is 0.0859. The molecule has 0 aliphatic heterocycles. The Labute approximate surface area is 281 Å². The quantitative estimate of drug-likeness (QED) is 0.196.